The fourth-order valence-corrected chi connectivity index (χ4v) is 3.67. The van der Waals surface area contributed by atoms with E-state index in [4.69, 9.17) is 11.6 Å². The average Bonchev–Trinajstić information content (AvgIpc) is 3.06. The predicted octanol–water partition coefficient (Wildman–Crippen LogP) is 3.77. The normalized spacial score (nSPS) is 12.6. The standard InChI is InChI=1S/C14H17ClN2OS2/c1-10(12-4-3-7-19-12)17(2)9-14(18)16-8-11-5-6-13(15)20-11/h3-7,10H,8-9H2,1-2H3,(H,16,18). The van der Waals surface area contributed by atoms with Gasteiger partial charge < -0.3 is 5.32 Å². The van der Waals surface area contributed by atoms with Crippen LogP contribution in [0.15, 0.2) is 29.6 Å². The van der Waals surface area contributed by atoms with Gasteiger partial charge in [-0.15, -0.1) is 22.7 Å². The quantitative estimate of drug-likeness (QED) is 0.875. The highest BCUT2D eigenvalue weighted by atomic mass is 35.5. The third kappa shape index (κ3) is 4.31. The van der Waals surface area contributed by atoms with Gasteiger partial charge in [-0.3, -0.25) is 9.69 Å². The Morgan fingerprint density at radius 1 is 1.45 bits per heavy atom. The van der Waals surface area contributed by atoms with Crippen molar-refractivity contribution in [3.63, 3.8) is 0 Å². The molecule has 20 heavy (non-hydrogen) atoms. The SMILES string of the molecule is CC(c1cccs1)N(C)CC(=O)NCc1ccc(Cl)s1. The van der Waals surface area contributed by atoms with Crippen molar-refractivity contribution >= 4 is 40.2 Å². The Labute approximate surface area is 132 Å². The van der Waals surface area contributed by atoms with Crippen LogP contribution in [0.1, 0.15) is 22.7 Å². The molecule has 0 saturated heterocycles. The van der Waals surface area contributed by atoms with Crippen LogP contribution >= 0.6 is 34.3 Å². The topological polar surface area (TPSA) is 32.3 Å². The van der Waals surface area contributed by atoms with Gasteiger partial charge in [-0.05, 0) is 37.6 Å². The van der Waals surface area contributed by atoms with Gasteiger partial charge >= 0.3 is 0 Å². The molecular formula is C14H17ClN2OS2. The molecule has 0 aliphatic carbocycles. The summed E-state index contributed by atoms with van der Waals surface area (Å²) in [5, 5.41) is 4.97. The van der Waals surface area contributed by atoms with Gasteiger partial charge in [0.15, 0.2) is 0 Å². The molecule has 2 rings (SSSR count). The number of likely N-dealkylation sites (N-methyl/N-ethyl adjacent to an activating group) is 1. The van der Waals surface area contributed by atoms with Gasteiger partial charge in [0.1, 0.15) is 0 Å². The second kappa shape index (κ2) is 7.22. The Balaban J connectivity index is 1.79. The first-order valence-electron chi connectivity index (χ1n) is 6.31. The highest BCUT2D eigenvalue weighted by Gasteiger charge is 2.15. The minimum Gasteiger partial charge on any atom is -0.350 e. The number of carbonyl (C=O) groups excluding carboxylic acids is 1. The molecule has 3 nitrogen and oxygen atoms in total. The fraction of sp³-hybridized carbons (Fsp3) is 0.357. The lowest BCUT2D eigenvalue weighted by Crippen LogP contribution is -2.35. The number of amides is 1. The zero-order chi connectivity index (χ0) is 14.5. The summed E-state index contributed by atoms with van der Waals surface area (Å²) in [6.45, 7) is 3.04. The summed E-state index contributed by atoms with van der Waals surface area (Å²) in [5.41, 5.74) is 0. The van der Waals surface area contributed by atoms with E-state index < -0.39 is 0 Å². The Bertz CT molecular complexity index is 553. The van der Waals surface area contributed by atoms with Crippen molar-refractivity contribution in [3.8, 4) is 0 Å². The zero-order valence-corrected chi connectivity index (χ0v) is 13.8. The Kier molecular flexibility index (Phi) is 5.60. The Morgan fingerprint density at radius 2 is 2.25 bits per heavy atom. The first-order chi connectivity index (χ1) is 9.56. The van der Waals surface area contributed by atoms with Crippen molar-refractivity contribution in [2.75, 3.05) is 13.6 Å². The molecule has 0 aliphatic rings. The van der Waals surface area contributed by atoms with Crippen molar-refractivity contribution in [3.05, 3.63) is 43.7 Å². The summed E-state index contributed by atoms with van der Waals surface area (Å²) in [4.78, 5) is 16.3. The fourth-order valence-electron chi connectivity index (χ4n) is 1.80. The van der Waals surface area contributed by atoms with Gasteiger partial charge in [-0.25, -0.2) is 0 Å². The van der Waals surface area contributed by atoms with E-state index in [1.165, 1.54) is 16.2 Å². The van der Waals surface area contributed by atoms with E-state index in [-0.39, 0.29) is 11.9 Å². The summed E-state index contributed by atoms with van der Waals surface area (Å²) in [5.74, 6) is 0.0282. The average molecular weight is 329 g/mol. The second-order valence-electron chi connectivity index (χ2n) is 4.59. The number of rotatable bonds is 6. The van der Waals surface area contributed by atoms with Gasteiger partial charge in [-0.2, -0.15) is 0 Å². The molecule has 0 radical (unpaired) electrons. The van der Waals surface area contributed by atoms with Crippen LogP contribution in [0.4, 0.5) is 0 Å². The molecule has 2 aromatic heterocycles. The summed E-state index contributed by atoms with van der Waals surface area (Å²) >= 11 is 9.06. The molecule has 108 valence electrons. The van der Waals surface area contributed by atoms with Crippen molar-refractivity contribution in [2.24, 2.45) is 0 Å². The summed E-state index contributed by atoms with van der Waals surface area (Å²) in [6, 6.07) is 8.16. The minimum atomic E-state index is 0.0282. The maximum Gasteiger partial charge on any atom is 0.234 e. The van der Waals surface area contributed by atoms with Crippen molar-refractivity contribution in [2.45, 2.75) is 19.5 Å². The highest BCUT2D eigenvalue weighted by molar-refractivity contribution is 7.16. The largest absolute Gasteiger partial charge is 0.350 e. The lowest BCUT2D eigenvalue weighted by atomic mass is 10.2. The lowest BCUT2D eigenvalue weighted by molar-refractivity contribution is -0.122. The van der Waals surface area contributed by atoms with E-state index in [0.717, 1.165) is 9.21 Å². The van der Waals surface area contributed by atoms with Crippen LogP contribution in [0, 0.1) is 0 Å². The maximum absolute atomic E-state index is 11.9. The van der Waals surface area contributed by atoms with E-state index >= 15 is 0 Å². The Morgan fingerprint density at radius 3 is 2.85 bits per heavy atom. The number of nitrogens with one attached hydrogen (secondary N) is 1. The number of nitrogens with zero attached hydrogens (tertiary/aromatic N) is 1. The summed E-state index contributed by atoms with van der Waals surface area (Å²) in [6.07, 6.45) is 0. The molecule has 1 unspecified atom stereocenters. The number of hydrogen-bond donors (Lipinski definition) is 1. The molecule has 0 fully saturated rings. The van der Waals surface area contributed by atoms with E-state index in [1.807, 2.05) is 30.1 Å². The van der Waals surface area contributed by atoms with E-state index in [9.17, 15) is 4.79 Å². The van der Waals surface area contributed by atoms with Gasteiger partial charge in [0.2, 0.25) is 5.91 Å². The molecule has 1 N–H and O–H groups in total. The molecule has 2 heterocycles. The second-order valence-corrected chi connectivity index (χ2v) is 7.37. The molecule has 0 saturated carbocycles. The smallest absolute Gasteiger partial charge is 0.234 e. The molecule has 6 heteroatoms. The van der Waals surface area contributed by atoms with E-state index in [0.29, 0.717) is 13.1 Å². The van der Waals surface area contributed by atoms with Gasteiger partial charge in [-0.1, -0.05) is 17.7 Å². The van der Waals surface area contributed by atoms with Gasteiger partial charge in [0, 0.05) is 15.8 Å². The molecule has 0 aromatic carbocycles. The van der Waals surface area contributed by atoms with Crippen LogP contribution in [-0.2, 0) is 11.3 Å². The molecule has 0 aliphatic heterocycles. The molecule has 2 aromatic rings. The van der Waals surface area contributed by atoms with Crippen molar-refractivity contribution < 1.29 is 4.79 Å². The first kappa shape index (κ1) is 15.5. The van der Waals surface area contributed by atoms with Crippen LogP contribution in [0.2, 0.25) is 4.34 Å². The van der Waals surface area contributed by atoms with E-state index in [1.54, 1.807) is 11.3 Å². The van der Waals surface area contributed by atoms with Crippen LogP contribution in [0.5, 0.6) is 0 Å². The maximum atomic E-state index is 11.9. The molecule has 0 spiro atoms. The lowest BCUT2D eigenvalue weighted by Gasteiger charge is -2.23. The summed E-state index contributed by atoms with van der Waals surface area (Å²) < 4.78 is 0.748. The van der Waals surface area contributed by atoms with Crippen molar-refractivity contribution in [1.29, 1.82) is 0 Å². The number of thiophene rings is 2. The predicted molar refractivity (Wildman–Crippen MR) is 86.5 cm³/mol. The molecule has 1 atom stereocenters. The highest BCUT2D eigenvalue weighted by Crippen LogP contribution is 2.23. The monoisotopic (exact) mass is 328 g/mol. The van der Waals surface area contributed by atoms with Crippen LogP contribution < -0.4 is 5.32 Å². The molecule has 0 bridgehead atoms. The third-order valence-corrected chi connectivity index (χ3v) is 5.37. The minimum absolute atomic E-state index is 0.0282. The molecule has 1 amide bonds. The van der Waals surface area contributed by atoms with Crippen molar-refractivity contribution in [1.82, 2.24) is 10.2 Å². The van der Waals surface area contributed by atoms with Gasteiger partial charge in [0.05, 0.1) is 17.4 Å². The summed E-state index contributed by atoms with van der Waals surface area (Å²) in [7, 11) is 1.96. The number of carbonyl (C=O) groups is 1. The number of hydrogen-bond acceptors (Lipinski definition) is 4. The molecular weight excluding hydrogens is 312 g/mol. The van der Waals surface area contributed by atoms with Crippen LogP contribution in [0.3, 0.4) is 0 Å². The van der Waals surface area contributed by atoms with Gasteiger partial charge in [0.25, 0.3) is 0 Å². The third-order valence-electron chi connectivity index (χ3n) is 3.10. The zero-order valence-electron chi connectivity index (χ0n) is 11.4. The van der Waals surface area contributed by atoms with Crippen LogP contribution in [-0.4, -0.2) is 24.4 Å². The van der Waals surface area contributed by atoms with E-state index in [2.05, 4.69) is 23.7 Å². The Hall–Kier alpha value is -0.880. The van der Waals surface area contributed by atoms with Crippen LogP contribution in [0.25, 0.3) is 0 Å². The number of halogens is 1. The first-order valence-corrected chi connectivity index (χ1v) is 8.38.